The largest absolute Gasteiger partial charge is 0.462 e. The van der Waals surface area contributed by atoms with Gasteiger partial charge in [-0.1, -0.05) is 219 Å². The molecule has 1 atom stereocenters. The number of carbonyl (C=O) groups is 3. The molecule has 0 aliphatic rings. The van der Waals surface area contributed by atoms with E-state index in [1.54, 1.807) is 0 Å². The fourth-order valence-electron chi connectivity index (χ4n) is 5.85. The Morgan fingerprint density at radius 3 is 1.10 bits per heavy atom. The second kappa shape index (κ2) is 48.2. The van der Waals surface area contributed by atoms with E-state index in [0.717, 1.165) is 38.5 Å². The number of esters is 3. The van der Waals surface area contributed by atoms with Gasteiger partial charge in [0.05, 0.1) is 0 Å². The van der Waals surface area contributed by atoms with Gasteiger partial charge in [-0.3, -0.25) is 14.4 Å². The van der Waals surface area contributed by atoms with Crippen LogP contribution < -0.4 is 0 Å². The smallest absolute Gasteiger partial charge is 0.306 e. The van der Waals surface area contributed by atoms with Crippen LogP contribution in [-0.4, -0.2) is 37.2 Å². The molecule has 0 heterocycles. The minimum absolute atomic E-state index is 0.137. The molecular formula is C55H84O6. The van der Waals surface area contributed by atoms with Gasteiger partial charge in [0.2, 0.25) is 0 Å². The Hall–Kier alpha value is -4.45. The van der Waals surface area contributed by atoms with Crippen molar-refractivity contribution in [3.8, 4) is 0 Å². The fraction of sp³-hybridized carbons (Fsp3) is 0.545. The van der Waals surface area contributed by atoms with Crippen molar-refractivity contribution in [2.45, 2.75) is 181 Å². The molecule has 61 heavy (non-hydrogen) atoms. The summed E-state index contributed by atoms with van der Waals surface area (Å²) in [6.45, 7) is 6.18. The first-order valence-electron chi connectivity index (χ1n) is 23.8. The van der Waals surface area contributed by atoms with Gasteiger partial charge in [-0.05, 0) is 70.6 Å². The first kappa shape index (κ1) is 56.5. The fourth-order valence-corrected chi connectivity index (χ4v) is 5.85. The summed E-state index contributed by atoms with van der Waals surface area (Å²) in [6, 6.07) is 0. The topological polar surface area (TPSA) is 78.9 Å². The summed E-state index contributed by atoms with van der Waals surface area (Å²) in [5.74, 6) is -1.11. The predicted octanol–water partition coefficient (Wildman–Crippen LogP) is 15.5. The lowest BCUT2D eigenvalue weighted by molar-refractivity contribution is -0.167. The minimum atomic E-state index is -0.849. The molecule has 0 saturated heterocycles. The summed E-state index contributed by atoms with van der Waals surface area (Å²) in [4.78, 5) is 37.8. The summed E-state index contributed by atoms with van der Waals surface area (Å²) in [5.41, 5.74) is 0. The number of unbranched alkanes of at least 4 members (excludes halogenated alkanes) is 15. The van der Waals surface area contributed by atoms with Gasteiger partial charge < -0.3 is 14.2 Å². The van der Waals surface area contributed by atoms with E-state index in [-0.39, 0.29) is 38.0 Å². The maximum Gasteiger partial charge on any atom is 0.306 e. The molecule has 1 unspecified atom stereocenters. The average Bonchev–Trinajstić information content (AvgIpc) is 3.26. The molecule has 0 N–H and O–H groups in total. The van der Waals surface area contributed by atoms with E-state index in [1.807, 2.05) is 109 Å². The summed E-state index contributed by atoms with van der Waals surface area (Å²) in [7, 11) is 0. The Morgan fingerprint density at radius 1 is 0.344 bits per heavy atom. The van der Waals surface area contributed by atoms with Crippen molar-refractivity contribution in [2.24, 2.45) is 0 Å². The zero-order chi connectivity index (χ0) is 44.4. The van der Waals surface area contributed by atoms with Crippen molar-refractivity contribution >= 4 is 17.9 Å². The van der Waals surface area contributed by atoms with E-state index < -0.39 is 12.1 Å². The summed E-state index contributed by atoms with van der Waals surface area (Å²) >= 11 is 0. The summed E-state index contributed by atoms with van der Waals surface area (Å²) in [6.07, 6.45) is 67.4. The number of ether oxygens (including phenoxy) is 3. The van der Waals surface area contributed by atoms with Crippen molar-refractivity contribution in [1.82, 2.24) is 0 Å². The number of hydrogen-bond acceptors (Lipinski definition) is 6. The standard InChI is InChI=1S/C55H84O6/c1-4-7-10-13-16-19-22-25-26-27-28-31-33-36-39-42-45-48-54(57)60-51-52(61-55(58)49-46-43-40-37-34-30-24-21-18-15-12-9-6-3)50-59-53(56)47-44-41-38-35-32-29-23-20-17-14-11-8-5-2/h8-9,11-12,14-15,17-18,20-21,23-26,29-30,32,34-35,37-38,40,52H,4-7,10,13,16,19,22,27-28,31,33,36,39,41-51H2,1-3H3/b11-8+,12-9+,17-14+,18-15+,23-20+,24-21+,26-25+,32-29+,34-30+,38-35+,40-37+. The first-order valence-corrected chi connectivity index (χ1v) is 23.8. The van der Waals surface area contributed by atoms with Crippen molar-refractivity contribution in [1.29, 1.82) is 0 Å². The number of carbonyl (C=O) groups excluding carboxylic acids is 3. The lowest BCUT2D eigenvalue weighted by Gasteiger charge is -2.18. The van der Waals surface area contributed by atoms with Gasteiger partial charge in [0, 0.05) is 19.3 Å². The molecule has 0 aliphatic heterocycles. The van der Waals surface area contributed by atoms with Gasteiger partial charge >= 0.3 is 17.9 Å². The van der Waals surface area contributed by atoms with Gasteiger partial charge in [0.1, 0.15) is 13.2 Å². The van der Waals surface area contributed by atoms with Gasteiger partial charge in [0.15, 0.2) is 6.10 Å². The van der Waals surface area contributed by atoms with Crippen molar-refractivity contribution in [3.63, 3.8) is 0 Å². The van der Waals surface area contributed by atoms with Crippen LogP contribution in [0.2, 0.25) is 0 Å². The lowest BCUT2D eigenvalue weighted by Crippen LogP contribution is -2.30. The van der Waals surface area contributed by atoms with Crippen LogP contribution in [0.3, 0.4) is 0 Å². The van der Waals surface area contributed by atoms with Crippen molar-refractivity contribution in [3.05, 3.63) is 134 Å². The Kier molecular flexibility index (Phi) is 44.7. The van der Waals surface area contributed by atoms with Crippen LogP contribution in [0.15, 0.2) is 134 Å². The number of allylic oxidation sites excluding steroid dienone is 22. The van der Waals surface area contributed by atoms with E-state index in [9.17, 15) is 14.4 Å². The van der Waals surface area contributed by atoms with E-state index in [0.29, 0.717) is 25.7 Å². The number of hydrogen-bond donors (Lipinski definition) is 0. The molecule has 0 fully saturated rings. The zero-order valence-corrected chi connectivity index (χ0v) is 38.6. The minimum Gasteiger partial charge on any atom is -0.462 e. The predicted molar refractivity (Wildman–Crippen MR) is 260 cm³/mol. The molecule has 0 amide bonds. The Balaban J connectivity index is 4.59. The average molecular weight is 841 g/mol. The van der Waals surface area contributed by atoms with E-state index in [2.05, 4.69) is 45.1 Å². The molecule has 0 aromatic rings. The van der Waals surface area contributed by atoms with Crippen molar-refractivity contribution < 1.29 is 28.6 Å². The highest BCUT2D eigenvalue weighted by Crippen LogP contribution is 2.12. The normalized spacial score (nSPS) is 13.3. The van der Waals surface area contributed by atoms with Crippen molar-refractivity contribution in [2.75, 3.05) is 13.2 Å². The summed E-state index contributed by atoms with van der Waals surface area (Å²) < 4.78 is 16.6. The second-order valence-corrected chi connectivity index (χ2v) is 15.1. The highest BCUT2D eigenvalue weighted by molar-refractivity contribution is 5.71. The Labute approximate surface area is 373 Å². The maximum absolute atomic E-state index is 12.7. The molecule has 0 bridgehead atoms. The molecule has 0 aliphatic carbocycles. The van der Waals surface area contributed by atoms with Crippen LogP contribution in [0.25, 0.3) is 0 Å². The van der Waals surface area contributed by atoms with E-state index in [1.165, 1.54) is 77.0 Å². The first-order chi connectivity index (χ1) is 30.0. The van der Waals surface area contributed by atoms with Gasteiger partial charge in [-0.15, -0.1) is 0 Å². The Morgan fingerprint density at radius 2 is 0.672 bits per heavy atom. The highest BCUT2D eigenvalue weighted by Gasteiger charge is 2.19. The van der Waals surface area contributed by atoms with Crippen LogP contribution in [-0.2, 0) is 28.6 Å². The molecule has 0 aromatic carbocycles. The maximum atomic E-state index is 12.7. The SMILES string of the molecule is CC/C=C/C=C/C=C/C=C/C=C/CCCC(=O)OCC(COC(=O)CCCCCCCCC/C=C/CCCCCCCC)OC(=O)CCC/C=C/C=C/C=C/C=C/C=C/CC. The zero-order valence-electron chi connectivity index (χ0n) is 38.6. The molecular weight excluding hydrogens is 757 g/mol. The van der Waals surface area contributed by atoms with Crippen LogP contribution in [0.1, 0.15) is 175 Å². The van der Waals surface area contributed by atoms with Crippen LogP contribution in [0.4, 0.5) is 0 Å². The molecule has 6 nitrogen and oxygen atoms in total. The molecule has 0 aromatic heterocycles. The van der Waals surface area contributed by atoms with Gasteiger partial charge in [0.25, 0.3) is 0 Å². The third-order valence-corrected chi connectivity index (χ3v) is 9.38. The molecule has 0 rings (SSSR count). The molecule has 0 spiro atoms. The highest BCUT2D eigenvalue weighted by atomic mass is 16.6. The third kappa shape index (κ3) is 46.5. The molecule has 6 heteroatoms. The Bertz CT molecular complexity index is 1380. The van der Waals surface area contributed by atoms with E-state index >= 15 is 0 Å². The van der Waals surface area contributed by atoms with Gasteiger partial charge in [-0.25, -0.2) is 0 Å². The number of rotatable bonds is 40. The van der Waals surface area contributed by atoms with Crippen LogP contribution >= 0.6 is 0 Å². The molecule has 0 radical (unpaired) electrons. The van der Waals surface area contributed by atoms with E-state index in [4.69, 9.17) is 14.2 Å². The lowest BCUT2D eigenvalue weighted by atomic mass is 10.1. The molecule has 340 valence electrons. The van der Waals surface area contributed by atoms with Gasteiger partial charge in [-0.2, -0.15) is 0 Å². The summed E-state index contributed by atoms with van der Waals surface area (Å²) in [5, 5.41) is 0. The molecule has 0 saturated carbocycles. The quantitative estimate of drug-likeness (QED) is 0.0201. The second-order valence-electron chi connectivity index (χ2n) is 15.1. The monoisotopic (exact) mass is 841 g/mol. The van der Waals surface area contributed by atoms with Crippen LogP contribution in [0, 0.1) is 0 Å². The van der Waals surface area contributed by atoms with Crippen LogP contribution in [0.5, 0.6) is 0 Å². The third-order valence-electron chi connectivity index (χ3n) is 9.38.